The number of methoxy groups -OCH3 is 1. The fraction of sp³-hybridized carbons (Fsp3) is 0.800. The van der Waals surface area contributed by atoms with Crippen molar-refractivity contribution in [3.63, 3.8) is 0 Å². The van der Waals surface area contributed by atoms with Gasteiger partial charge in [-0.3, -0.25) is 0 Å². The van der Waals surface area contributed by atoms with Gasteiger partial charge in [-0.05, 0) is 6.92 Å². The Morgan fingerprint density at radius 2 is 2.43 bits per heavy atom. The van der Waals surface area contributed by atoms with E-state index in [1.54, 1.807) is 7.11 Å². The molecule has 1 saturated heterocycles. The van der Waals surface area contributed by atoms with Crippen molar-refractivity contribution < 1.29 is 4.74 Å². The standard InChI is InChI=1S/C5H10NO/c1-5(7-2)3-6-4-5/h3,6H,4H2,1-2H3. The van der Waals surface area contributed by atoms with Crippen molar-refractivity contribution in [1.82, 2.24) is 5.32 Å². The Morgan fingerprint density at radius 1 is 1.86 bits per heavy atom. The lowest BCUT2D eigenvalue weighted by atomic mass is 10.0. The highest BCUT2D eigenvalue weighted by Crippen LogP contribution is 2.16. The first-order valence-electron chi connectivity index (χ1n) is 2.40. The van der Waals surface area contributed by atoms with Crippen molar-refractivity contribution in [2.45, 2.75) is 12.5 Å². The average molecular weight is 100 g/mol. The van der Waals surface area contributed by atoms with E-state index in [0.29, 0.717) is 0 Å². The maximum absolute atomic E-state index is 5.06. The Morgan fingerprint density at radius 3 is 2.43 bits per heavy atom. The van der Waals surface area contributed by atoms with Gasteiger partial charge in [0.05, 0.1) is 12.1 Å². The molecule has 0 bridgehead atoms. The molecule has 0 aliphatic carbocycles. The maximum Gasteiger partial charge on any atom is 0.0942 e. The van der Waals surface area contributed by atoms with Crippen LogP contribution < -0.4 is 5.32 Å². The van der Waals surface area contributed by atoms with Gasteiger partial charge in [0, 0.05) is 13.7 Å². The largest absolute Gasteiger partial charge is 0.376 e. The van der Waals surface area contributed by atoms with Crippen molar-refractivity contribution in [2.75, 3.05) is 13.7 Å². The van der Waals surface area contributed by atoms with E-state index in [4.69, 9.17) is 4.74 Å². The molecule has 0 saturated carbocycles. The summed E-state index contributed by atoms with van der Waals surface area (Å²) in [4.78, 5) is 0. The molecule has 7 heavy (non-hydrogen) atoms. The van der Waals surface area contributed by atoms with Crippen molar-refractivity contribution in [1.29, 1.82) is 0 Å². The summed E-state index contributed by atoms with van der Waals surface area (Å²) < 4.78 is 5.06. The van der Waals surface area contributed by atoms with Crippen LogP contribution in [0.25, 0.3) is 0 Å². The van der Waals surface area contributed by atoms with E-state index in [-0.39, 0.29) is 5.60 Å². The van der Waals surface area contributed by atoms with Crippen LogP contribution >= 0.6 is 0 Å². The molecule has 1 heterocycles. The third kappa shape index (κ3) is 0.763. The fourth-order valence-electron chi connectivity index (χ4n) is 0.521. The summed E-state index contributed by atoms with van der Waals surface area (Å²) in [5, 5.41) is 3.00. The second-order valence-corrected chi connectivity index (χ2v) is 2.04. The predicted octanol–water partition coefficient (Wildman–Crippen LogP) is 0.156. The van der Waals surface area contributed by atoms with Crippen LogP contribution in [0.4, 0.5) is 0 Å². The Kier molecular flexibility index (Phi) is 1.05. The first kappa shape index (κ1) is 5.06. The summed E-state index contributed by atoms with van der Waals surface area (Å²) in [5.41, 5.74) is 0.0278. The summed E-state index contributed by atoms with van der Waals surface area (Å²) in [6.07, 6.45) is 0. The molecule has 0 aromatic carbocycles. The van der Waals surface area contributed by atoms with Gasteiger partial charge in [-0.15, -0.1) is 0 Å². The molecule has 1 fully saturated rings. The Balaban J connectivity index is 2.29. The molecule has 41 valence electrons. The second kappa shape index (κ2) is 1.46. The van der Waals surface area contributed by atoms with Gasteiger partial charge in [0.2, 0.25) is 0 Å². The van der Waals surface area contributed by atoms with E-state index in [1.165, 1.54) is 0 Å². The molecule has 1 rings (SSSR count). The van der Waals surface area contributed by atoms with Gasteiger partial charge in [-0.1, -0.05) is 0 Å². The monoisotopic (exact) mass is 100 g/mol. The summed E-state index contributed by atoms with van der Waals surface area (Å²) in [7, 11) is 1.72. The zero-order chi connectivity index (χ0) is 5.33. The molecule has 2 heteroatoms. The first-order valence-corrected chi connectivity index (χ1v) is 2.40. The molecule has 1 aliphatic rings. The van der Waals surface area contributed by atoms with E-state index in [2.05, 4.69) is 5.32 Å². The van der Waals surface area contributed by atoms with E-state index in [0.717, 1.165) is 6.54 Å². The summed E-state index contributed by atoms with van der Waals surface area (Å²) in [6.45, 7) is 4.94. The number of ether oxygens (including phenoxy) is 1. The molecule has 0 aromatic rings. The van der Waals surface area contributed by atoms with Crippen molar-refractivity contribution >= 4 is 0 Å². The highest BCUT2D eigenvalue weighted by atomic mass is 16.5. The third-order valence-corrected chi connectivity index (χ3v) is 1.33. The van der Waals surface area contributed by atoms with Crippen LogP contribution in [-0.2, 0) is 4.74 Å². The number of hydrogen-bond acceptors (Lipinski definition) is 2. The molecule has 1 radical (unpaired) electrons. The molecule has 0 spiro atoms. The van der Waals surface area contributed by atoms with Gasteiger partial charge in [0.25, 0.3) is 0 Å². The van der Waals surface area contributed by atoms with Gasteiger partial charge < -0.3 is 10.1 Å². The lowest BCUT2D eigenvalue weighted by Crippen LogP contribution is -2.53. The van der Waals surface area contributed by atoms with E-state index in [1.807, 2.05) is 13.5 Å². The quantitative estimate of drug-likeness (QED) is 0.506. The average Bonchev–Trinajstić information content (AvgIpc) is 1.61. The second-order valence-electron chi connectivity index (χ2n) is 2.04. The normalized spacial score (nSPS) is 26.6. The molecule has 2 nitrogen and oxygen atoms in total. The van der Waals surface area contributed by atoms with E-state index < -0.39 is 0 Å². The van der Waals surface area contributed by atoms with Gasteiger partial charge in [-0.2, -0.15) is 0 Å². The van der Waals surface area contributed by atoms with Gasteiger partial charge >= 0.3 is 0 Å². The molecule has 1 aliphatic heterocycles. The smallest absolute Gasteiger partial charge is 0.0942 e. The van der Waals surface area contributed by atoms with Crippen molar-refractivity contribution in [3.8, 4) is 0 Å². The van der Waals surface area contributed by atoms with Gasteiger partial charge in [-0.25, -0.2) is 0 Å². The molecular weight excluding hydrogens is 90.1 g/mol. The first-order chi connectivity index (χ1) is 3.27. The van der Waals surface area contributed by atoms with Crippen LogP contribution in [0.2, 0.25) is 0 Å². The van der Waals surface area contributed by atoms with Crippen LogP contribution in [0.15, 0.2) is 0 Å². The topological polar surface area (TPSA) is 21.3 Å². The Bertz CT molecular complexity index is 63.0. The summed E-state index contributed by atoms with van der Waals surface area (Å²) >= 11 is 0. The molecular formula is C5H10NO. The third-order valence-electron chi connectivity index (χ3n) is 1.33. The minimum atomic E-state index is 0.0278. The maximum atomic E-state index is 5.06. The number of hydrogen-bond donors (Lipinski definition) is 1. The SMILES string of the molecule is COC1(C)[CH]NC1. The molecule has 1 unspecified atom stereocenters. The minimum absolute atomic E-state index is 0.0278. The molecule has 1 atom stereocenters. The lowest BCUT2D eigenvalue weighted by Gasteiger charge is -2.36. The van der Waals surface area contributed by atoms with Crippen LogP contribution in [-0.4, -0.2) is 19.3 Å². The van der Waals surface area contributed by atoms with Crippen LogP contribution in [0.1, 0.15) is 6.92 Å². The van der Waals surface area contributed by atoms with Crippen LogP contribution in [0.3, 0.4) is 0 Å². The number of rotatable bonds is 1. The van der Waals surface area contributed by atoms with Crippen molar-refractivity contribution in [2.24, 2.45) is 0 Å². The summed E-state index contributed by atoms with van der Waals surface area (Å²) in [5.74, 6) is 0. The van der Waals surface area contributed by atoms with Crippen LogP contribution in [0.5, 0.6) is 0 Å². The fourth-order valence-corrected chi connectivity index (χ4v) is 0.521. The summed E-state index contributed by atoms with van der Waals surface area (Å²) in [6, 6.07) is 0. The Hall–Kier alpha value is -0.0800. The molecule has 0 aromatic heterocycles. The molecule has 0 amide bonds. The van der Waals surface area contributed by atoms with Crippen molar-refractivity contribution in [3.05, 3.63) is 6.54 Å². The zero-order valence-electron chi connectivity index (χ0n) is 4.69. The Labute approximate surface area is 43.9 Å². The lowest BCUT2D eigenvalue weighted by molar-refractivity contribution is -0.00543. The molecule has 1 N–H and O–H groups in total. The zero-order valence-corrected chi connectivity index (χ0v) is 4.69. The van der Waals surface area contributed by atoms with E-state index in [9.17, 15) is 0 Å². The predicted molar refractivity (Wildman–Crippen MR) is 27.7 cm³/mol. The number of nitrogens with one attached hydrogen (secondary N) is 1. The highest BCUT2D eigenvalue weighted by molar-refractivity contribution is 5.00. The van der Waals surface area contributed by atoms with Crippen LogP contribution in [0, 0.1) is 6.54 Å². The van der Waals surface area contributed by atoms with Gasteiger partial charge in [0.15, 0.2) is 0 Å². The van der Waals surface area contributed by atoms with Gasteiger partial charge in [0.1, 0.15) is 0 Å². The van der Waals surface area contributed by atoms with E-state index >= 15 is 0 Å². The minimum Gasteiger partial charge on any atom is -0.376 e. The highest BCUT2D eigenvalue weighted by Gasteiger charge is 2.31.